The molecule has 2 aromatic rings. The summed E-state index contributed by atoms with van der Waals surface area (Å²) in [6.45, 7) is 5.42. The number of hydrogen-bond donors (Lipinski definition) is 0. The number of likely N-dealkylation sites (tertiary alicyclic amines) is 1. The Morgan fingerprint density at radius 1 is 1.16 bits per heavy atom. The Morgan fingerprint density at radius 2 is 1.97 bits per heavy atom. The van der Waals surface area contributed by atoms with E-state index in [1.54, 1.807) is 17.0 Å². The smallest absolute Gasteiger partial charge is 0.237 e. The van der Waals surface area contributed by atoms with Crippen LogP contribution in [0.1, 0.15) is 43.4 Å². The van der Waals surface area contributed by atoms with Crippen LogP contribution in [0.25, 0.3) is 0 Å². The summed E-state index contributed by atoms with van der Waals surface area (Å²) in [4.78, 5) is 17.1. The van der Waals surface area contributed by atoms with E-state index in [1.807, 2.05) is 13.0 Å². The van der Waals surface area contributed by atoms with Crippen LogP contribution in [0.3, 0.4) is 0 Å². The number of rotatable bonds is 7. The summed E-state index contributed by atoms with van der Waals surface area (Å²) in [5.41, 5.74) is 1.90. The maximum absolute atomic E-state index is 14.1. The van der Waals surface area contributed by atoms with Crippen molar-refractivity contribution < 1.29 is 23.4 Å². The van der Waals surface area contributed by atoms with Crippen molar-refractivity contribution in [2.75, 3.05) is 40.0 Å². The summed E-state index contributed by atoms with van der Waals surface area (Å²) in [6.07, 6.45) is 2.92. The van der Waals surface area contributed by atoms with Gasteiger partial charge in [0.2, 0.25) is 5.91 Å². The largest absolute Gasteiger partial charge is 0.494 e. The first-order chi connectivity index (χ1) is 15.6. The molecular formula is C25H31FN2O4. The van der Waals surface area contributed by atoms with Gasteiger partial charge in [-0.2, -0.15) is 0 Å². The molecule has 6 nitrogen and oxygen atoms in total. The minimum absolute atomic E-state index is 0.0463. The topological polar surface area (TPSA) is 51.2 Å². The third-order valence-electron chi connectivity index (χ3n) is 6.18. The van der Waals surface area contributed by atoms with Gasteiger partial charge in [-0.25, -0.2) is 4.39 Å². The van der Waals surface area contributed by atoms with E-state index < -0.39 is 5.82 Å². The Balaban J connectivity index is 1.43. The molecule has 7 heteroatoms. The normalized spacial score (nSPS) is 18.3. The molecule has 0 bridgehead atoms. The Bertz CT molecular complexity index is 952. The fourth-order valence-electron chi connectivity index (χ4n) is 4.46. The average Bonchev–Trinajstić information content (AvgIpc) is 3.12. The van der Waals surface area contributed by atoms with Gasteiger partial charge < -0.3 is 19.1 Å². The summed E-state index contributed by atoms with van der Waals surface area (Å²) < 4.78 is 30.6. The van der Waals surface area contributed by atoms with Gasteiger partial charge in [0.15, 0.2) is 23.1 Å². The third-order valence-corrected chi connectivity index (χ3v) is 6.18. The quantitative estimate of drug-likeness (QED) is 0.644. The van der Waals surface area contributed by atoms with Crippen molar-refractivity contribution in [3.63, 3.8) is 0 Å². The third kappa shape index (κ3) is 4.99. The van der Waals surface area contributed by atoms with E-state index in [2.05, 4.69) is 17.0 Å². The van der Waals surface area contributed by atoms with E-state index in [4.69, 9.17) is 14.2 Å². The van der Waals surface area contributed by atoms with Crippen LogP contribution in [-0.4, -0.2) is 55.7 Å². The molecule has 1 saturated heterocycles. The Labute approximate surface area is 188 Å². The summed E-state index contributed by atoms with van der Waals surface area (Å²) in [5, 5.41) is 0. The maximum atomic E-state index is 14.1. The molecule has 2 aliphatic heterocycles. The van der Waals surface area contributed by atoms with Gasteiger partial charge in [0.25, 0.3) is 0 Å². The van der Waals surface area contributed by atoms with E-state index in [0.29, 0.717) is 32.8 Å². The van der Waals surface area contributed by atoms with E-state index in [1.165, 1.54) is 13.2 Å². The number of carbonyl (C=O) groups excluding carboxylic acids is 1. The van der Waals surface area contributed by atoms with Gasteiger partial charge in [0.05, 0.1) is 26.9 Å². The van der Waals surface area contributed by atoms with E-state index >= 15 is 0 Å². The highest BCUT2D eigenvalue weighted by Crippen LogP contribution is 2.37. The van der Waals surface area contributed by atoms with Crippen molar-refractivity contribution in [3.8, 4) is 17.2 Å². The second-order valence-corrected chi connectivity index (χ2v) is 8.26. The molecule has 32 heavy (non-hydrogen) atoms. The summed E-state index contributed by atoms with van der Waals surface area (Å²) in [6, 6.07) is 11.1. The monoisotopic (exact) mass is 442 g/mol. The van der Waals surface area contributed by atoms with Crippen molar-refractivity contribution in [1.29, 1.82) is 0 Å². The van der Waals surface area contributed by atoms with Crippen LogP contribution in [0.15, 0.2) is 36.4 Å². The first-order valence-electron chi connectivity index (χ1n) is 11.3. The Kier molecular flexibility index (Phi) is 7.15. The number of methoxy groups -OCH3 is 1. The van der Waals surface area contributed by atoms with Gasteiger partial charge in [-0.05, 0) is 61.7 Å². The number of carbonyl (C=O) groups is 1. The molecule has 1 fully saturated rings. The maximum Gasteiger partial charge on any atom is 0.237 e. The second-order valence-electron chi connectivity index (χ2n) is 8.26. The van der Waals surface area contributed by atoms with Gasteiger partial charge in [0, 0.05) is 25.6 Å². The lowest BCUT2D eigenvalue weighted by molar-refractivity contribution is -0.133. The molecule has 1 amide bonds. The Hall–Kier alpha value is -2.80. The number of hydrogen-bond acceptors (Lipinski definition) is 5. The van der Waals surface area contributed by atoms with Crippen LogP contribution in [0, 0.1) is 5.82 Å². The molecule has 2 aromatic carbocycles. The lowest BCUT2D eigenvalue weighted by atomic mass is 10.0. The molecular weight excluding hydrogens is 411 g/mol. The molecule has 0 aromatic heterocycles. The molecule has 0 unspecified atom stereocenters. The van der Waals surface area contributed by atoms with Gasteiger partial charge in [0.1, 0.15) is 0 Å². The van der Waals surface area contributed by atoms with E-state index in [0.717, 1.165) is 48.4 Å². The van der Waals surface area contributed by atoms with Crippen molar-refractivity contribution in [3.05, 3.63) is 53.3 Å². The minimum Gasteiger partial charge on any atom is -0.494 e. The lowest BCUT2D eigenvalue weighted by Gasteiger charge is -2.28. The molecule has 0 radical (unpaired) electrons. The zero-order chi connectivity index (χ0) is 22.5. The summed E-state index contributed by atoms with van der Waals surface area (Å²) >= 11 is 0. The van der Waals surface area contributed by atoms with Gasteiger partial charge in [-0.1, -0.05) is 12.1 Å². The number of nitrogens with zero attached hydrogens (tertiary/aromatic N) is 2. The number of likely N-dealkylation sites (N-methyl/N-ethyl adjacent to an activating group) is 1. The van der Waals surface area contributed by atoms with E-state index in [9.17, 15) is 9.18 Å². The van der Waals surface area contributed by atoms with Gasteiger partial charge in [-0.15, -0.1) is 0 Å². The van der Waals surface area contributed by atoms with Gasteiger partial charge >= 0.3 is 0 Å². The number of fused-ring (bicyclic) bond motifs is 1. The average molecular weight is 443 g/mol. The van der Waals surface area contributed by atoms with Crippen LogP contribution in [0.5, 0.6) is 17.2 Å². The molecule has 2 aliphatic rings. The molecule has 1 atom stereocenters. The van der Waals surface area contributed by atoms with Gasteiger partial charge in [-0.3, -0.25) is 9.69 Å². The number of ether oxygens (including phenoxy) is 3. The zero-order valence-corrected chi connectivity index (χ0v) is 18.8. The Morgan fingerprint density at radius 3 is 2.72 bits per heavy atom. The first kappa shape index (κ1) is 22.4. The molecule has 0 N–H and O–H groups in total. The highest BCUT2D eigenvalue weighted by molar-refractivity contribution is 5.78. The van der Waals surface area contributed by atoms with Crippen LogP contribution < -0.4 is 14.2 Å². The molecule has 2 heterocycles. The van der Waals surface area contributed by atoms with Crippen molar-refractivity contribution in [2.45, 2.75) is 38.8 Å². The predicted octanol–water partition coefficient (Wildman–Crippen LogP) is 4.18. The van der Waals surface area contributed by atoms with E-state index in [-0.39, 0.29) is 17.7 Å². The van der Waals surface area contributed by atoms with Crippen LogP contribution in [-0.2, 0) is 11.3 Å². The standard InChI is InChI=1S/C25H31FN2O4/c1-3-27(16-18-7-9-22(30-2)20(26)14-18)25(29)17-28-11-4-6-21(28)19-8-10-23-24(15-19)32-13-5-12-31-23/h7-10,14-15,21H,3-6,11-13,16-17H2,1-2H3/t21-/m1/s1. The molecule has 0 spiro atoms. The fraction of sp³-hybridized carbons (Fsp3) is 0.480. The number of amides is 1. The second kappa shape index (κ2) is 10.2. The SMILES string of the molecule is CCN(Cc1ccc(OC)c(F)c1)C(=O)CN1CCC[C@@H]1c1ccc2c(c1)OCCCO2. The molecule has 0 aliphatic carbocycles. The molecule has 0 saturated carbocycles. The minimum atomic E-state index is -0.414. The summed E-state index contributed by atoms with van der Waals surface area (Å²) in [7, 11) is 1.44. The molecule has 4 rings (SSSR count). The number of benzene rings is 2. The van der Waals surface area contributed by atoms with Crippen LogP contribution >= 0.6 is 0 Å². The number of halogens is 1. The van der Waals surface area contributed by atoms with Crippen molar-refractivity contribution in [2.24, 2.45) is 0 Å². The van der Waals surface area contributed by atoms with Crippen LogP contribution in [0.4, 0.5) is 4.39 Å². The van der Waals surface area contributed by atoms with Crippen LogP contribution in [0.2, 0.25) is 0 Å². The predicted molar refractivity (Wildman–Crippen MR) is 120 cm³/mol. The zero-order valence-electron chi connectivity index (χ0n) is 18.8. The first-order valence-corrected chi connectivity index (χ1v) is 11.3. The highest BCUT2D eigenvalue weighted by Gasteiger charge is 2.30. The highest BCUT2D eigenvalue weighted by atomic mass is 19.1. The summed E-state index contributed by atoms with van der Waals surface area (Å²) in [5.74, 6) is 1.41. The van der Waals surface area contributed by atoms with Crippen molar-refractivity contribution in [1.82, 2.24) is 9.80 Å². The lowest BCUT2D eigenvalue weighted by Crippen LogP contribution is -2.39. The van der Waals surface area contributed by atoms with Crippen molar-refractivity contribution >= 4 is 5.91 Å². The fourth-order valence-corrected chi connectivity index (χ4v) is 4.46. The molecule has 172 valence electrons.